The summed E-state index contributed by atoms with van der Waals surface area (Å²) in [5, 5.41) is 3.47. The van der Waals surface area contributed by atoms with Gasteiger partial charge in [0.05, 0.1) is 19.4 Å². The van der Waals surface area contributed by atoms with Gasteiger partial charge in [-0.15, -0.1) is 0 Å². The molecule has 1 aromatic rings. The highest BCUT2D eigenvalue weighted by atomic mass is 19.1. The third-order valence-corrected chi connectivity index (χ3v) is 6.12. The van der Waals surface area contributed by atoms with Crippen LogP contribution in [0.4, 0.5) is 16.2 Å². The summed E-state index contributed by atoms with van der Waals surface area (Å²) in [4.78, 5) is 13.2. The van der Waals surface area contributed by atoms with E-state index in [1.807, 2.05) is 4.90 Å². The van der Waals surface area contributed by atoms with Crippen LogP contribution in [-0.4, -0.2) is 66.8 Å². The van der Waals surface area contributed by atoms with Crippen LogP contribution in [0.25, 0.3) is 0 Å². The Morgan fingerprint density at radius 3 is 2.70 bits per heavy atom. The van der Waals surface area contributed by atoms with E-state index in [0.717, 1.165) is 18.9 Å². The van der Waals surface area contributed by atoms with E-state index in [1.54, 1.807) is 0 Å². The third kappa shape index (κ3) is 5.08. The minimum Gasteiger partial charge on any atom is -0.378 e. The van der Waals surface area contributed by atoms with Gasteiger partial charge in [0.2, 0.25) is 5.95 Å². The molecular weight excluding hydrogens is 345 g/mol. The molecule has 0 spiro atoms. The van der Waals surface area contributed by atoms with Crippen molar-refractivity contribution >= 4 is 11.8 Å². The zero-order chi connectivity index (χ0) is 18.5. The van der Waals surface area contributed by atoms with Gasteiger partial charge in [-0.1, -0.05) is 19.3 Å². The molecule has 0 unspecified atom stereocenters. The summed E-state index contributed by atoms with van der Waals surface area (Å²) >= 11 is 0. The van der Waals surface area contributed by atoms with Crippen molar-refractivity contribution in [1.82, 2.24) is 14.9 Å². The zero-order valence-corrected chi connectivity index (χ0v) is 16.2. The van der Waals surface area contributed by atoms with Crippen LogP contribution in [0.3, 0.4) is 0 Å². The molecule has 1 aromatic heterocycles. The first-order valence-corrected chi connectivity index (χ1v) is 10.6. The van der Waals surface area contributed by atoms with Gasteiger partial charge in [0.1, 0.15) is 0 Å². The Balaban J connectivity index is 1.35. The first-order valence-electron chi connectivity index (χ1n) is 10.6. The number of halogens is 1. The molecule has 0 aromatic carbocycles. The predicted octanol–water partition coefficient (Wildman–Crippen LogP) is 2.91. The fourth-order valence-electron chi connectivity index (χ4n) is 4.68. The summed E-state index contributed by atoms with van der Waals surface area (Å²) in [6.07, 6.45) is 10.6. The molecule has 2 aliphatic heterocycles. The van der Waals surface area contributed by atoms with Gasteiger partial charge in [0, 0.05) is 32.2 Å². The quantitative estimate of drug-likeness (QED) is 0.852. The molecule has 6 nitrogen and oxygen atoms in total. The Labute approximate surface area is 161 Å². The average molecular weight is 378 g/mol. The van der Waals surface area contributed by atoms with E-state index < -0.39 is 0 Å². The first kappa shape index (κ1) is 18.9. The lowest BCUT2D eigenvalue weighted by Gasteiger charge is -2.36. The molecular formula is C20H32FN5O. The van der Waals surface area contributed by atoms with E-state index in [2.05, 4.69) is 20.2 Å². The van der Waals surface area contributed by atoms with Crippen LogP contribution in [-0.2, 0) is 4.74 Å². The molecule has 1 aliphatic carbocycles. The number of hydrogen-bond donors (Lipinski definition) is 1. The molecule has 3 aliphatic rings. The number of likely N-dealkylation sites (tertiary alicyclic amines) is 1. The highest BCUT2D eigenvalue weighted by molar-refractivity contribution is 5.44. The Morgan fingerprint density at radius 1 is 1.07 bits per heavy atom. The minimum absolute atomic E-state index is 0.338. The highest BCUT2D eigenvalue weighted by Crippen LogP contribution is 2.26. The van der Waals surface area contributed by atoms with Gasteiger partial charge in [-0.05, 0) is 38.1 Å². The van der Waals surface area contributed by atoms with Gasteiger partial charge >= 0.3 is 0 Å². The first-order chi connectivity index (χ1) is 13.3. The SMILES string of the molecule is Fc1cnc(N[C@@H]2CCCN(CC3CCCCC3)C2)nc1N1CCOCC1. The zero-order valence-electron chi connectivity index (χ0n) is 16.2. The number of nitrogens with one attached hydrogen (secondary N) is 1. The second-order valence-corrected chi connectivity index (χ2v) is 8.21. The van der Waals surface area contributed by atoms with Crippen LogP contribution in [0.5, 0.6) is 0 Å². The number of nitrogens with zero attached hydrogens (tertiary/aromatic N) is 4. The van der Waals surface area contributed by atoms with Crippen molar-refractivity contribution in [2.75, 3.05) is 56.2 Å². The van der Waals surface area contributed by atoms with Crippen LogP contribution in [0.15, 0.2) is 6.20 Å². The summed E-state index contributed by atoms with van der Waals surface area (Å²) in [5.41, 5.74) is 0. The summed E-state index contributed by atoms with van der Waals surface area (Å²) in [6.45, 7) is 6.03. The largest absolute Gasteiger partial charge is 0.378 e. The van der Waals surface area contributed by atoms with Crippen molar-refractivity contribution in [2.24, 2.45) is 5.92 Å². The number of rotatable bonds is 5. The second kappa shape index (κ2) is 9.15. The van der Waals surface area contributed by atoms with E-state index in [4.69, 9.17) is 4.74 Å². The van der Waals surface area contributed by atoms with Gasteiger partial charge in [-0.3, -0.25) is 0 Å². The van der Waals surface area contributed by atoms with Crippen molar-refractivity contribution in [3.05, 3.63) is 12.0 Å². The van der Waals surface area contributed by atoms with Gasteiger partial charge in [-0.25, -0.2) is 9.37 Å². The Kier molecular flexibility index (Phi) is 6.39. The highest BCUT2D eigenvalue weighted by Gasteiger charge is 2.25. The standard InChI is InChI=1S/C20H32FN5O/c21-18-13-22-20(24-19(18)26-9-11-27-12-10-26)23-17-7-4-8-25(15-17)14-16-5-2-1-3-6-16/h13,16-17H,1-12,14-15H2,(H,22,23,24)/t17-/m1/s1. The molecule has 2 saturated heterocycles. The number of aromatic nitrogens is 2. The number of hydrogen-bond acceptors (Lipinski definition) is 6. The Hall–Kier alpha value is -1.47. The number of piperidine rings is 1. The summed E-state index contributed by atoms with van der Waals surface area (Å²) in [5.74, 6) is 1.45. The van der Waals surface area contributed by atoms with Gasteiger partial charge in [-0.2, -0.15) is 4.98 Å². The van der Waals surface area contributed by atoms with Gasteiger partial charge < -0.3 is 19.9 Å². The second-order valence-electron chi connectivity index (χ2n) is 8.21. The van der Waals surface area contributed by atoms with E-state index in [-0.39, 0.29) is 5.82 Å². The van der Waals surface area contributed by atoms with Crippen LogP contribution >= 0.6 is 0 Å². The average Bonchev–Trinajstić information content (AvgIpc) is 2.71. The molecule has 7 heteroatoms. The fourth-order valence-corrected chi connectivity index (χ4v) is 4.68. The maximum Gasteiger partial charge on any atom is 0.225 e. The van der Waals surface area contributed by atoms with Crippen LogP contribution in [0.1, 0.15) is 44.9 Å². The van der Waals surface area contributed by atoms with Crippen LogP contribution in [0, 0.1) is 11.7 Å². The Bertz CT molecular complexity index is 604. The smallest absolute Gasteiger partial charge is 0.225 e. The molecule has 1 atom stereocenters. The summed E-state index contributed by atoms with van der Waals surface area (Å²) in [6, 6.07) is 0.338. The Morgan fingerprint density at radius 2 is 1.89 bits per heavy atom. The maximum absolute atomic E-state index is 14.2. The molecule has 3 fully saturated rings. The molecule has 1 N–H and O–H groups in total. The molecule has 150 valence electrons. The fraction of sp³-hybridized carbons (Fsp3) is 0.800. The number of anilines is 2. The lowest BCUT2D eigenvalue weighted by molar-refractivity contribution is 0.122. The number of morpholine rings is 1. The van der Waals surface area contributed by atoms with Crippen LogP contribution < -0.4 is 10.2 Å². The van der Waals surface area contributed by atoms with E-state index >= 15 is 0 Å². The molecule has 4 rings (SSSR count). The summed E-state index contributed by atoms with van der Waals surface area (Å²) < 4.78 is 19.6. The molecule has 27 heavy (non-hydrogen) atoms. The van der Waals surface area contributed by atoms with Crippen molar-refractivity contribution in [1.29, 1.82) is 0 Å². The molecule has 1 saturated carbocycles. The van der Waals surface area contributed by atoms with E-state index in [9.17, 15) is 4.39 Å². The van der Waals surface area contributed by atoms with E-state index in [0.29, 0.717) is 44.1 Å². The number of ether oxygens (including phenoxy) is 1. The maximum atomic E-state index is 14.2. The molecule has 3 heterocycles. The lowest BCUT2D eigenvalue weighted by Crippen LogP contribution is -2.44. The van der Waals surface area contributed by atoms with Crippen LogP contribution in [0.2, 0.25) is 0 Å². The normalized spacial score (nSPS) is 25.5. The third-order valence-electron chi connectivity index (χ3n) is 6.12. The lowest BCUT2D eigenvalue weighted by atomic mass is 9.88. The predicted molar refractivity (Wildman–Crippen MR) is 105 cm³/mol. The topological polar surface area (TPSA) is 53.5 Å². The minimum atomic E-state index is -0.356. The van der Waals surface area contributed by atoms with Crippen molar-refractivity contribution in [3.8, 4) is 0 Å². The van der Waals surface area contributed by atoms with Gasteiger partial charge in [0.15, 0.2) is 11.6 Å². The van der Waals surface area contributed by atoms with Crippen molar-refractivity contribution in [2.45, 2.75) is 51.0 Å². The van der Waals surface area contributed by atoms with Gasteiger partial charge in [0.25, 0.3) is 0 Å². The monoisotopic (exact) mass is 377 g/mol. The van der Waals surface area contributed by atoms with Crippen molar-refractivity contribution in [3.63, 3.8) is 0 Å². The summed E-state index contributed by atoms with van der Waals surface area (Å²) in [7, 11) is 0. The molecule has 0 amide bonds. The molecule has 0 bridgehead atoms. The van der Waals surface area contributed by atoms with Crippen molar-refractivity contribution < 1.29 is 9.13 Å². The molecule has 0 radical (unpaired) electrons. The van der Waals surface area contributed by atoms with E-state index in [1.165, 1.54) is 57.8 Å².